The van der Waals surface area contributed by atoms with Crippen molar-refractivity contribution in [3.05, 3.63) is 60.2 Å². The molecule has 31 heavy (non-hydrogen) atoms. The standard InChI is InChI=1S/C29H27NO/c1-30-24-7-3-2-5-20(24)21-12-22-27(13-25(21)30)31-26-8-4-6-23(28(22)26)29-14-17-9-18(15-29)11-19(10-17)16-29/h2-8,12-13,17-19H,9-11,14-16H2,1H3. The van der Waals surface area contributed by atoms with Gasteiger partial charge in [0.25, 0.3) is 0 Å². The quantitative estimate of drug-likeness (QED) is 0.279. The first-order valence-corrected chi connectivity index (χ1v) is 12.0. The van der Waals surface area contributed by atoms with E-state index in [0.29, 0.717) is 5.41 Å². The fraction of sp³-hybridized carbons (Fsp3) is 0.379. The van der Waals surface area contributed by atoms with E-state index in [9.17, 15) is 0 Å². The van der Waals surface area contributed by atoms with Crippen molar-refractivity contribution in [1.82, 2.24) is 4.57 Å². The molecule has 0 spiro atoms. The summed E-state index contributed by atoms with van der Waals surface area (Å²) in [5.41, 5.74) is 6.61. The molecule has 0 atom stereocenters. The molecule has 0 unspecified atom stereocenters. The molecule has 9 rings (SSSR count). The van der Waals surface area contributed by atoms with Crippen LogP contribution in [0.5, 0.6) is 0 Å². The number of aromatic nitrogens is 1. The highest BCUT2D eigenvalue weighted by atomic mass is 16.3. The van der Waals surface area contributed by atoms with Gasteiger partial charge in [-0.25, -0.2) is 0 Å². The molecule has 4 fully saturated rings. The van der Waals surface area contributed by atoms with Gasteiger partial charge in [-0.15, -0.1) is 0 Å². The highest BCUT2D eigenvalue weighted by Crippen LogP contribution is 2.62. The number of furan rings is 1. The number of nitrogens with zero attached hydrogens (tertiary/aromatic N) is 1. The summed E-state index contributed by atoms with van der Waals surface area (Å²) in [6.07, 6.45) is 8.62. The lowest BCUT2D eigenvalue weighted by molar-refractivity contribution is -0.00448. The monoisotopic (exact) mass is 405 g/mol. The fourth-order valence-corrected chi connectivity index (χ4v) is 8.36. The molecule has 2 nitrogen and oxygen atoms in total. The topological polar surface area (TPSA) is 18.1 Å². The van der Waals surface area contributed by atoms with E-state index in [1.54, 1.807) is 5.56 Å². The largest absolute Gasteiger partial charge is 0.456 e. The van der Waals surface area contributed by atoms with Crippen molar-refractivity contribution in [2.75, 3.05) is 0 Å². The third-order valence-electron chi connectivity index (χ3n) is 9.14. The molecule has 154 valence electrons. The van der Waals surface area contributed by atoms with Gasteiger partial charge in [-0.05, 0) is 85.5 Å². The van der Waals surface area contributed by atoms with E-state index < -0.39 is 0 Å². The van der Waals surface area contributed by atoms with Gasteiger partial charge in [0.15, 0.2) is 0 Å². The Bertz CT molecular complexity index is 1500. The smallest absolute Gasteiger partial charge is 0.137 e. The minimum Gasteiger partial charge on any atom is -0.456 e. The Balaban J connectivity index is 1.46. The number of benzene rings is 3. The third kappa shape index (κ3) is 2.09. The Morgan fingerprint density at radius 1 is 0.742 bits per heavy atom. The van der Waals surface area contributed by atoms with Gasteiger partial charge in [-0.2, -0.15) is 0 Å². The minimum atomic E-state index is 0.374. The molecule has 4 aliphatic rings. The summed E-state index contributed by atoms with van der Waals surface area (Å²) in [6.45, 7) is 0. The van der Waals surface area contributed by atoms with Crippen LogP contribution in [-0.2, 0) is 12.5 Å². The molecule has 0 saturated heterocycles. The van der Waals surface area contributed by atoms with Gasteiger partial charge in [0.1, 0.15) is 11.2 Å². The van der Waals surface area contributed by atoms with Crippen LogP contribution in [0.1, 0.15) is 44.1 Å². The van der Waals surface area contributed by atoms with Crippen molar-refractivity contribution in [3.63, 3.8) is 0 Å². The normalized spacial score (nSPS) is 29.8. The lowest BCUT2D eigenvalue weighted by Gasteiger charge is -2.57. The van der Waals surface area contributed by atoms with Gasteiger partial charge in [0, 0.05) is 40.2 Å². The summed E-state index contributed by atoms with van der Waals surface area (Å²) in [6, 6.07) is 20.3. The van der Waals surface area contributed by atoms with E-state index >= 15 is 0 Å². The maximum absolute atomic E-state index is 6.50. The van der Waals surface area contributed by atoms with E-state index in [-0.39, 0.29) is 0 Å². The van der Waals surface area contributed by atoms with Gasteiger partial charge >= 0.3 is 0 Å². The summed E-state index contributed by atoms with van der Waals surface area (Å²) in [5.74, 6) is 2.85. The van der Waals surface area contributed by atoms with Crippen molar-refractivity contribution < 1.29 is 4.42 Å². The Morgan fingerprint density at radius 2 is 1.48 bits per heavy atom. The average Bonchev–Trinajstić information content (AvgIpc) is 3.27. The predicted octanol–water partition coefficient (Wildman–Crippen LogP) is 7.70. The van der Waals surface area contributed by atoms with Crippen molar-refractivity contribution in [1.29, 1.82) is 0 Å². The summed E-state index contributed by atoms with van der Waals surface area (Å²) in [5, 5.41) is 5.39. The maximum Gasteiger partial charge on any atom is 0.137 e. The highest BCUT2D eigenvalue weighted by Gasteiger charge is 2.52. The molecule has 4 aliphatic carbocycles. The van der Waals surface area contributed by atoms with Crippen LogP contribution >= 0.6 is 0 Å². The number of para-hydroxylation sites is 1. The van der Waals surface area contributed by atoms with Gasteiger partial charge in [0.05, 0.1) is 5.52 Å². The van der Waals surface area contributed by atoms with Crippen LogP contribution in [-0.4, -0.2) is 4.57 Å². The molecule has 5 aromatic rings. The number of hydrogen-bond acceptors (Lipinski definition) is 1. The van der Waals surface area contributed by atoms with Crippen LogP contribution in [0.15, 0.2) is 59.0 Å². The second-order valence-corrected chi connectivity index (χ2v) is 10.9. The second-order valence-electron chi connectivity index (χ2n) is 10.9. The number of hydrogen-bond donors (Lipinski definition) is 0. The van der Waals surface area contributed by atoms with Gasteiger partial charge in [-0.3, -0.25) is 0 Å². The van der Waals surface area contributed by atoms with E-state index in [2.05, 4.69) is 66.2 Å². The molecular weight excluding hydrogens is 378 g/mol. The summed E-state index contributed by atoms with van der Waals surface area (Å²) < 4.78 is 8.80. The summed E-state index contributed by atoms with van der Waals surface area (Å²) >= 11 is 0. The number of aryl methyl sites for hydroxylation is 1. The molecule has 4 bridgehead atoms. The molecule has 0 aliphatic heterocycles. The zero-order chi connectivity index (χ0) is 20.3. The molecule has 3 aromatic carbocycles. The minimum absolute atomic E-state index is 0.374. The molecule has 0 N–H and O–H groups in total. The molecular formula is C29H27NO. The first-order valence-electron chi connectivity index (χ1n) is 12.0. The maximum atomic E-state index is 6.50. The van der Waals surface area contributed by atoms with Crippen molar-refractivity contribution >= 4 is 43.7 Å². The van der Waals surface area contributed by atoms with Gasteiger partial charge in [0.2, 0.25) is 0 Å². The lowest BCUT2D eigenvalue weighted by Crippen LogP contribution is -2.48. The van der Waals surface area contributed by atoms with Crippen LogP contribution in [0.3, 0.4) is 0 Å². The molecule has 2 heterocycles. The van der Waals surface area contributed by atoms with Crippen LogP contribution in [0.2, 0.25) is 0 Å². The van der Waals surface area contributed by atoms with Crippen LogP contribution in [0.25, 0.3) is 43.7 Å². The molecule has 2 heteroatoms. The SMILES string of the molecule is Cn1c2ccccc2c2cc3c(cc21)oc1cccc(C24CC5CC(CC(C5)C2)C4)c13. The number of fused-ring (bicyclic) bond motifs is 6. The van der Waals surface area contributed by atoms with Gasteiger partial charge < -0.3 is 8.98 Å². The number of rotatable bonds is 1. The molecule has 0 radical (unpaired) electrons. The third-order valence-corrected chi connectivity index (χ3v) is 9.14. The zero-order valence-electron chi connectivity index (χ0n) is 18.0. The van der Waals surface area contributed by atoms with Crippen molar-refractivity contribution in [2.24, 2.45) is 24.8 Å². The first-order chi connectivity index (χ1) is 15.2. The summed E-state index contributed by atoms with van der Waals surface area (Å²) in [7, 11) is 2.17. The Labute approximate surface area is 181 Å². The molecule has 2 aromatic heterocycles. The van der Waals surface area contributed by atoms with E-state index in [1.165, 1.54) is 71.1 Å². The first kappa shape index (κ1) is 16.9. The Morgan fingerprint density at radius 3 is 2.26 bits per heavy atom. The average molecular weight is 406 g/mol. The van der Waals surface area contributed by atoms with Crippen molar-refractivity contribution in [3.8, 4) is 0 Å². The molecule has 4 saturated carbocycles. The Hall–Kier alpha value is -2.74. The summed E-state index contributed by atoms with van der Waals surface area (Å²) in [4.78, 5) is 0. The van der Waals surface area contributed by atoms with E-state index in [1.807, 2.05) is 0 Å². The van der Waals surface area contributed by atoms with E-state index in [4.69, 9.17) is 4.42 Å². The van der Waals surface area contributed by atoms with Crippen LogP contribution < -0.4 is 0 Å². The predicted molar refractivity (Wildman–Crippen MR) is 128 cm³/mol. The fourth-order valence-electron chi connectivity index (χ4n) is 8.36. The Kier molecular flexibility index (Phi) is 3.02. The van der Waals surface area contributed by atoms with Gasteiger partial charge in [-0.1, -0.05) is 30.3 Å². The van der Waals surface area contributed by atoms with Crippen LogP contribution in [0, 0.1) is 17.8 Å². The highest BCUT2D eigenvalue weighted by molar-refractivity contribution is 6.17. The van der Waals surface area contributed by atoms with Crippen molar-refractivity contribution in [2.45, 2.75) is 43.9 Å². The van der Waals surface area contributed by atoms with Crippen LogP contribution in [0.4, 0.5) is 0 Å². The molecule has 0 amide bonds. The second kappa shape index (κ2) is 5.54. The van der Waals surface area contributed by atoms with E-state index in [0.717, 1.165) is 28.9 Å². The lowest BCUT2D eigenvalue weighted by atomic mass is 9.48. The zero-order valence-corrected chi connectivity index (χ0v) is 18.0.